The highest BCUT2D eigenvalue weighted by molar-refractivity contribution is 5.31. The fourth-order valence-corrected chi connectivity index (χ4v) is 3.06. The van der Waals surface area contributed by atoms with Crippen LogP contribution < -0.4 is 5.32 Å². The number of aryl methyl sites for hydroxylation is 1. The summed E-state index contributed by atoms with van der Waals surface area (Å²) in [5.41, 5.74) is 2.46. The first-order valence-corrected chi connectivity index (χ1v) is 6.69. The summed E-state index contributed by atoms with van der Waals surface area (Å²) in [6.45, 7) is 6.46. The molecule has 0 aliphatic carbocycles. The van der Waals surface area contributed by atoms with Gasteiger partial charge in [-0.3, -0.25) is 0 Å². The molecule has 1 fully saturated rings. The molecule has 17 heavy (non-hydrogen) atoms. The molecule has 1 saturated heterocycles. The van der Waals surface area contributed by atoms with Gasteiger partial charge in [-0.2, -0.15) is 0 Å². The van der Waals surface area contributed by atoms with Crippen molar-refractivity contribution in [3.63, 3.8) is 0 Å². The Labute approximate surface area is 103 Å². The molecule has 1 aliphatic heterocycles. The fourth-order valence-electron chi connectivity index (χ4n) is 3.06. The lowest BCUT2D eigenvalue weighted by Gasteiger charge is -2.33. The number of hydrogen-bond donors (Lipinski definition) is 1. The lowest BCUT2D eigenvalue weighted by Crippen LogP contribution is -2.35. The fraction of sp³-hybridized carbons (Fsp3) is 0.600. The molecule has 1 N–H and O–H groups in total. The van der Waals surface area contributed by atoms with Gasteiger partial charge in [-0.1, -0.05) is 19.4 Å². The van der Waals surface area contributed by atoms with Crippen LogP contribution in [0.2, 0.25) is 0 Å². The van der Waals surface area contributed by atoms with Gasteiger partial charge in [-0.05, 0) is 68.0 Å². The van der Waals surface area contributed by atoms with Gasteiger partial charge in [0.15, 0.2) is 0 Å². The quantitative estimate of drug-likeness (QED) is 0.843. The minimum atomic E-state index is -0.118. The van der Waals surface area contributed by atoms with Crippen molar-refractivity contribution in [2.24, 2.45) is 5.92 Å². The molecule has 94 valence electrons. The van der Waals surface area contributed by atoms with Crippen molar-refractivity contribution in [2.75, 3.05) is 13.1 Å². The van der Waals surface area contributed by atoms with Gasteiger partial charge >= 0.3 is 0 Å². The van der Waals surface area contributed by atoms with Crippen molar-refractivity contribution >= 4 is 0 Å². The monoisotopic (exact) mass is 235 g/mol. The summed E-state index contributed by atoms with van der Waals surface area (Å²) in [6, 6.07) is 5.26. The number of halogens is 1. The molecule has 2 atom stereocenters. The highest BCUT2D eigenvalue weighted by Crippen LogP contribution is 2.34. The molecule has 2 heteroatoms. The van der Waals surface area contributed by atoms with Crippen LogP contribution in [0.4, 0.5) is 4.39 Å². The minimum Gasteiger partial charge on any atom is -0.316 e. The van der Waals surface area contributed by atoms with Crippen LogP contribution in [0.5, 0.6) is 0 Å². The Balaban J connectivity index is 2.23. The van der Waals surface area contributed by atoms with Crippen LogP contribution in [-0.2, 0) is 0 Å². The van der Waals surface area contributed by atoms with Crippen molar-refractivity contribution < 1.29 is 4.39 Å². The summed E-state index contributed by atoms with van der Waals surface area (Å²) in [7, 11) is 0. The smallest absolute Gasteiger partial charge is 0.123 e. The Hall–Kier alpha value is -0.890. The maximum absolute atomic E-state index is 13.1. The third-order valence-corrected chi connectivity index (χ3v) is 3.90. The van der Waals surface area contributed by atoms with Crippen molar-refractivity contribution in [2.45, 2.75) is 39.0 Å². The van der Waals surface area contributed by atoms with E-state index >= 15 is 0 Å². The van der Waals surface area contributed by atoms with E-state index in [1.165, 1.54) is 24.8 Å². The summed E-state index contributed by atoms with van der Waals surface area (Å²) in [5, 5.41) is 3.48. The van der Waals surface area contributed by atoms with Crippen LogP contribution in [0.1, 0.15) is 43.2 Å². The zero-order chi connectivity index (χ0) is 12.3. The van der Waals surface area contributed by atoms with E-state index in [-0.39, 0.29) is 5.82 Å². The molecule has 0 saturated carbocycles. The van der Waals surface area contributed by atoms with Gasteiger partial charge in [0.2, 0.25) is 0 Å². The maximum Gasteiger partial charge on any atom is 0.123 e. The standard InChI is InChI=1S/C15H22FN/c1-3-4-12-10-17-8-7-15(12)14-6-5-13(16)9-11(14)2/h5-6,9,12,15,17H,3-4,7-8,10H2,1-2H3. The summed E-state index contributed by atoms with van der Waals surface area (Å²) in [6.07, 6.45) is 3.66. The first-order chi connectivity index (χ1) is 8.22. The molecule has 1 heterocycles. The second-order valence-electron chi connectivity index (χ2n) is 5.15. The molecule has 1 aromatic carbocycles. The van der Waals surface area contributed by atoms with Gasteiger partial charge in [-0.15, -0.1) is 0 Å². The molecule has 1 nitrogen and oxygen atoms in total. The van der Waals surface area contributed by atoms with Gasteiger partial charge < -0.3 is 5.32 Å². The van der Waals surface area contributed by atoms with Gasteiger partial charge in [0.25, 0.3) is 0 Å². The van der Waals surface area contributed by atoms with E-state index in [1.807, 2.05) is 13.0 Å². The SMILES string of the molecule is CCCC1CNCCC1c1ccc(F)cc1C. The van der Waals surface area contributed by atoms with Gasteiger partial charge in [0, 0.05) is 0 Å². The minimum absolute atomic E-state index is 0.118. The summed E-state index contributed by atoms with van der Waals surface area (Å²) in [4.78, 5) is 0. The number of rotatable bonds is 3. The van der Waals surface area contributed by atoms with E-state index in [4.69, 9.17) is 0 Å². The van der Waals surface area contributed by atoms with E-state index in [2.05, 4.69) is 12.2 Å². The molecule has 0 aromatic heterocycles. The molecule has 0 amide bonds. The van der Waals surface area contributed by atoms with E-state index < -0.39 is 0 Å². The number of benzene rings is 1. The zero-order valence-electron chi connectivity index (χ0n) is 10.8. The second-order valence-corrected chi connectivity index (χ2v) is 5.15. The van der Waals surface area contributed by atoms with Crippen LogP contribution in [0.15, 0.2) is 18.2 Å². The van der Waals surface area contributed by atoms with Gasteiger partial charge in [0.05, 0.1) is 0 Å². The Kier molecular flexibility index (Phi) is 4.16. The lowest BCUT2D eigenvalue weighted by molar-refractivity contribution is 0.306. The zero-order valence-corrected chi connectivity index (χ0v) is 10.8. The Bertz CT molecular complexity index is 373. The highest BCUT2D eigenvalue weighted by Gasteiger charge is 2.26. The van der Waals surface area contributed by atoms with Crippen molar-refractivity contribution in [1.29, 1.82) is 0 Å². The average molecular weight is 235 g/mol. The topological polar surface area (TPSA) is 12.0 Å². The van der Waals surface area contributed by atoms with Crippen LogP contribution in [0, 0.1) is 18.7 Å². The lowest BCUT2D eigenvalue weighted by atomic mass is 9.77. The van der Waals surface area contributed by atoms with Gasteiger partial charge in [-0.25, -0.2) is 4.39 Å². The summed E-state index contributed by atoms with van der Waals surface area (Å²) >= 11 is 0. The molecular formula is C15H22FN. The molecule has 1 aromatic rings. The predicted molar refractivity (Wildman–Crippen MR) is 69.8 cm³/mol. The first kappa shape index (κ1) is 12.6. The number of nitrogens with one attached hydrogen (secondary N) is 1. The van der Waals surface area contributed by atoms with Crippen molar-refractivity contribution in [3.05, 3.63) is 35.1 Å². The van der Waals surface area contributed by atoms with E-state index in [0.717, 1.165) is 18.7 Å². The van der Waals surface area contributed by atoms with Crippen LogP contribution >= 0.6 is 0 Å². The first-order valence-electron chi connectivity index (χ1n) is 6.69. The summed E-state index contributed by atoms with van der Waals surface area (Å²) in [5.74, 6) is 1.20. The highest BCUT2D eigenvalue weighted by atomic mass is 19.1. The van der Waals surface area contributed by atoms with Crippen molar-refractivity contribution in [1.82, 2.24) is 5.32 Å². The Morgan fingerprint density at radius 2 is 2.24 bits per heavy atom. The molecule has 0 radical (unpaired) electrons. The van der Waals surface area contributed by atoms with Crippen LogP contribution in [0.3, 0.4) is 0 Å². The normalized spacial score (nSPS) is 24.9. The molecule has 2 unspecified atom stereocenters. The maximum atomic E-state index is 13.1. The number of hydrogen-bond acceptors (Lipinski definition) is 1. The van der Waals surface area contributed by atoms with E-state index in [0.29, 0.717) is 11.8 Å². The van der Waals surface area contributed by atoms with Crippen LogP contribution in [0.25, 0.3) is 0 Å². The molecule has 0 bridgehead atoms. The Morgan fingerprint density at radius 1 is 1.41 bits per heavy atom. The number of piperidine rings is 1. The van der Waals surface area contributed by atoms with E-state index in [9.17, 15) is 4.39 Å². The molecule has 0 spiro atoms. The summed E-state index contributed by atoms with van der Waals surface area (Å²) < 4.78 is 13.1. The predicted octanol–water partition coefficient (Wildman–Crippen LogP) is 3.63. The van der Waals surface area contributed by atoms with Crippen LogP contribution in [-0.4, -0.2) is 13.1 Å². The largest absolute Gasteiger partial charge is 0.316 e. The van der Waals surface area contributed by atoms with Gasteiger partial charge in [0.1, 0.15) is 5.82 Å². The average Bonchev–Trinajstić information content (AvgIpc) is 2.31. The third-order valence-electron chi connectivity index (χ3n) is 3.90. The Morgan fingerprint density at radius 3 is 2.94 bits per heavy atom. The third kappa shape index (κ3) is 2.86. The second kappa shape index (κ2) is 5.63. The van der Waals surface area contributed by atoms with Crippen molar-refractivity contribution in [3.8, 4) is 0 Å². The molecule has 2 rings (SSSR count). The molecule has 1 aliphatic rings. The van der Waals surface area contributed by atoms with E-state index in [1.54, 1.807) is 12.1 Å². The molecular weight excluding hydrogens is 213 g/mol.